The van der Waals surface area contributed by atoms with Crippen molar-refractivity contribution >= 4 is 11.9 Å². The first kappa shape index (κ1) is 11.0. The van der Waals surface area contributed by atoms with Crippen molar-refractivity contribution in [3.05, 3.63) is 0 Å². The van der Waals surface area contributed by atoms with Crippen molar-refractivity contribution in [1.82, 2.24) is 5.32 Å². The zero-order valence-electron chi connectivity index (χ0n) is 8.23. The molecule has 1 fully saturated rings. The first-order chi connectivity index (χ1) is 6.43. The summed E-state index contributed by atoms with van der Waals surface area (Å²) in [5.41, 5.74) is 0. The summed E-state index contributed by atoms with van der Waals surface area (Å²) in [6.45, 7) is 3.28. The molecule has 1 aliphatic rings. The second-order valence-corrected chi connectivity index (χ2v) is 3.88. The number of carbonyl (C=O) groups is 2. The Bertz CT molecular complexity index is 251. The number of amides is 1. The van der Waals surface area contributed by atoms with Crippen molar-refractivity contribution in [2.24, 2.45) is 11.8 Å². The third-order valence-electron chi connectivity index (χ3n) is 2.49. The Balaban J connectivity index is 2.47. The normalized spacial score (nSPS) is 29.1. The van der Waals surface area contributed by atoms with E-state index in [1.165, 1.54) is 6.92 Å². The van der Waals surface area contributed by atoms with Crippen LogP contribution in [0.4, 0.5) is 0 Å². The molecule has 0 aromatic carbocycles. The monoisotopic (exact) mass is 201 g/mol. The molecule has 1 saturated carbocycles. The van der Waals surface area contributed by atoms with E-state index in [2.05, 4.69) is 5.32 Å². The number of carbonyl (C=O) groups excluding carboxylic acids is 1. The molecular formula is C9H15NO4. The topological polar surface area (TPSA) is 86.6 Å². The van der Waals surface area contributed by atoms with Gasteiger partial charge in [-0.1, -0.05) is 6.92 Å². The number of aliphatic carboxylic acids is 1. The molecule has 0 radical (unpaired) electrons. The summed E-state index contributed by atoms with van der Waals surface area (Å²) in [7, 11) is 0. The molecule has 0 aromatic heterocycles. The number of carboxylic acid groups (broad SMARTS) is 1. The van der Waals surface area contributed by atoms with Gasteiger partial charge in [0.25, 0.3) is 0 Å². The van der Waals surface area contributed by atoms with Crippen LogP contribution in [0, 0.1) is 11.8 Å². The molecule has 5 nitrogen and oxygen atoms in total. The Hall–Kier alpha value is -1.10. The van der Waals surface area contributed by atoms with Gasteiger partial charge >= 0.3 is 5.97 Å². The zero-order chi connectivity index (χ0) is 10.9. The molecule has 1 amide bonds. The van der Waals surface area contributed by atoms with Crippen molar-refractivity contribution in [2.75, 3.05) is 0 Å². The average molecular weight is 201 g/mol. The highest BCUT2D eigenvalue weighted by Crippen LogP contribution is 2.37. The molecule has 5 heteroatoms. The fourth-order valence-corrected chi connectivity index (χ4v) is 1.34. The highest BCUT2D eigenvalue weighted by atomic mass is 16.4. The maximum Gasteiger partial charge on any atom is 0.328 e. The summed E-state index contributed by atoms with van der Waals surface area (Å²) >= 11 is 0. The van der Waals surface area contributed by atoms with E-state index in [9.17, 15) is 9.59 Å². The van der Waals surface area contributed by atoms with Gasteiger partial charge in [-0.3, -0.25) is 4.79 Å². The molecule has 1 aliphatic carbocycles. The standard InChI is InChI=1S/C9H15NO4/c1-4-3-6(4)8(12)10-7(5(2)11)9(13)14/h4-7,11H,3H2,1-2H3,(H,10,12)(H,13,14)/t4-,5-,6+,7+/m0/s1. The van der Waals surface area contributed by atoms with Crippen molar-refractivity contribution in [2.45, 2.75) is 32.4 Å². The molecule has 0 spiro atoms. The lowest BCUT2D eigenvalue weighted by Gasteiger charge is -2.16. The van der Waals surface area contributed by atoms with Gasteiger partial charge in [-0.2, -0.15) is 0 Å². The first-order valence-corrected chi connectivity index (χ1v) is 4.64. The summed E-state index contributed by atoms with van der Waals surface area (Å²) in [6, 6.07) is -1.20. The van der Waals surface area contributed by atoms with Crippen molar-refractivity contribution in [3.63, 3.8) is 0 Å². The summed E-state index contributed by atoms with van der Waals surface area (Å²) in [6.07, 6.45) is -0.275. The summed E-state index contributed by atoms with van der Waals surface area (Å²) < 4.78 is 0. The summed E-state index contributed by atoms with van der Waals surface area (Å²) in [5.74, 6) is -1.22. The Morgan fingerprint density at radius 1 is 1.50 bits per heavy atom. The Morgan fingerprint density at radius 3 is 2.29 bits per heavy atom. The number of rotatable bonds is 4. The van der Waals surface area contributed by atoms with E-state index in [4.69, 9.17) is 10.2 Å². The van der Waals surface area contributed by atoms with Crippen LogP contribution in [0.2, 0.25) is 0 Å². The minimum Gasteiger partial charge on any atom is -0.480 e. The third kappa shape index (κ3) is 2.45. The van der Waals surface area contributed by atoms with Gasteiger partial charge in [0.15, 0.2) is 6.04 Å². The molecule has 0 aromatic rings. The second-order valence-electron chi connectivity index (χ2n) is 3.88. The predicted octanol–water partition coefficient (Wildman–Crippen LogP) is -0.407. The first-order valence-electron chi connectivity index (χ1n) is 4.64. The van der Waals surface area contributed by atoms with Gasteiger partial charge in [-0.15, -0.1) is 0 Å². The van der Waals surface area contributed by atoms with E-state index in [1.807, 2.05) is 6.92 Å². The van der Waals surface area contributed by atoms with Crippen LogP contribution in [0.3, 0.4) is 0 Å². The van der Waals surface area contributed by atoms with Crippen LogP contribution in [0.1, 0.15) is 20.3 Å². The van der Waals surface area contributed by atoms with Crippen LogP contribution < -0.4 is 5.32 Å². The zero-order valence-corrected chi connectivity index (χ0v) is 8.23. The van der Waals surface area contributed by atoms with Gasteiger partial charge in [-0.05, 0) is 19.3 Å². The molecule has 3 N–H and O–H groups in total. The quantitative estimate of drug-likeness (QED) is 0.577. The fourth-order valence-electron chi connectivity index (χ4n) is 1.34. The van der Waals surface area contributed by atoms with E-state index in [0.29, 0.717) is 5.92 Å². The van der Waals surface area contributed by atoms with Gasteiger partial charge < -0.3 is 15.5 Å². The van der Waals surface area contributed by atoms with Crippen LogP contribution in [-0.4, -0.2) is 34.2 Å². The van der Waals surface area contributed by atoms with E-state index >= 15 is 0 Å². The lowest BCUT2D eigenvalue weighted by Crippen LogP contribution is -2.48. The lowest BCUT2D eigenvalue weighted by atomic mass is 10.1. The fraction of sp³-hybridized carbons (Fsp3) is 0.778. The molecule has 80 valence electrons. The van der Waals surface area contributed by atoms with Crippen LogP contribution in [0.15, 0.2) is 0 Å². The Morgan fingerprint density at radius 2 is 2.00 bits per heavy atom. The molecule has 0 unspecified atom stereocenters. The smallest absolute Gasteiger partial charge is 0.328 e. The molecule has 4 atom stereocenters. The molecule has 14 heavy (non-hydrogen) atoms. The number of aliphatic hydroxyl groups excluding tert-OH is 1. The maximum absolute atomic E-state index is 11.3. The minimum atomic E-state index is -1.21. The van der Waals surface area contributed by atoms with Gasteiger partial charge in [0.05, 0.1) is 6.10 Å². The summed E-state index contributed by atoms with van der Waals surface area (Å²) in [4.78, 5) is 22.0. The number of aliphatic hydroxyl groups is 1. The van der Waals surface area contributed by atoms with Gasteiger partial charge in [0, 0.05) is 5.92 Å². The minimum absolute atomic E-state index is 0.0735. The highest BCUT2D eigenvalue weighted by molar-refractivity contribution is 5.86. The van der Waals surface area contributed by atoms with Crippen molar-refractivity contribution < 1.29 is 19.8 Å². The molecule has 0 heterocycles. The number of hydrogen-bond donors (Lipinski definition) is 3. The van der Waals surface area contributed by atoms with E-state index < -0.39 is 18.1 Å². The Labute approximate surface area is 82.1 Å². The summed E-state index contributed by atoms with van der Waals surface area (Å²) in [5, 5.41) is 20.1. The van der Waals surface area contributed by atoms with Crippen LogP contribution in [0.5, 0.6) is 0 Å². The highest BCUT2D eigenvalue weighted by Gasteiger charge is 2.41. The molecule has 0 saturated heterocycles. The number of carboxylic acids is 1. The number of hydrogen-bond acceptors (Lipinski definition) is 3. The van der Waals surface area contributed by atoms with Gasteiger partial charge in [-0.25, -0.2) is 4.79 Å². The lowest BCUT2D eigenvalue weighted by molar-refractivity contribution is -0.145. The van der Waals surface area contributed by atoms with Crippen molar-refractivity contribution in [3.8, 4) is 0 Å². The van der Waals surface area contributed by atoms with Crippen LogP contribution in [-0.2, 0) is 9.59 Å². The molecule has 0 bridgehead atoms. The van der Waals surface area contributed by atoms with E-state index in [-0.39, 0.29) is 11.8 Å². The molecular weight excluding hydrogens is 186 g/mol. The number of nitrogens with one attached hydrogen (secondary N) is 1. The third-order valence-corrected chi connectivity index (χ3v) is 2.49. The SMILES string of the molecule is C[C@H](O)[C@@H](NC(=O)[C@@H]1C[C@@H]1C)C(=O)O. The largest absolute Gasteiger partial charge is 0.480 e. The van der Waals surface area contributed by atoms with Crippen LogP contribution in [0.25, 0.3) is 0 Å². The van der Waals surface area contributed by atoms with Gasteiger partial charge in [0.2, 0.25) is 5.91 Å². The van der Waals surface area contributed by atoms with E-state index in [0.717, 1.165) is 6.42 Å². The van der Waals surface area contributed by atoms with Gasteiger partial charge in [0.1, 0.15) is 0 Å². The maximum atomic E-state index is 11.3. The predicted molar refractivity (Wildman–Crippen MR) is 48.5 cm³/mol. The molecule has 1 rings (SSSR count). The molecule has 0 aliphatic heterocycles. The average Bonchev–Trinajstić information content (AvgIpc) is 2.76. The van der Waals surface area contributed by atoms with Crippen molar-refractivity contribution in [1.29, 1.82) is 0 Å². The van der Waals surface area contributed by atoms with Crippen LogP contribution >= 0.6 is 0 Å². The Kier molecular flexibility index (Phi) is 3.10. The second kappa shape index (κ2) is 3.96. The van der Waals surface area contributed by atoms with E-state index in [1.54, 1.807) is 0 Å².